The first-order chi connectivity index (χ1) is 6.34. The van der Waals surface area contributed by atoms with Crippen molar-refractivity contribution in [3.05, 3.63) is 36.0 Å². The van der Waals surface area contributed by atoms with Crippen LogP contribution in [0.3, 0.4) is 0 Å². The number of phenols is 1. The standard InChI is InChI=1S/C9H7NOS2/c11-7-1-3-8(4-2-7)13-9-5-10-6-12-9/h1-6,11H. The molecule has 0 atom stereocenters. The van der Waals surface area contributed by atoms with Crippen molar-refractivity contribution in [2.24, 2.45) is 0 Å². The van der Waals surface area contributed by atoms with Crippen molar-refractivity contribution in [2.75, 3.05) is 0 Å². The Morgan fingerprint density at radius 1 is 1.23 bits per heavy atom. The Balaban J connectivity index is 2.15. The lowest BCUT2D eigenvalue weighted by Gasteiger charge is -1.97. The Morgan fingerprint density at radius 2 is 2.00 bits per heavy atom. The number of aromatic hydroxyl groups is 1. The van der Waals surface area contributed by atoms with Gasteiger partial charge in [0.05, 0.1) is 15.9 Å². The van der Waals surface area contributed by atoms with E-state index >= 15 is 0 Å². The molecule has 0 radical (unpaired) electrons. The van der Waals surface area contributed by atoms with Gasteiger partial charge in [-0.3, -0.25) is 4.98 Å². The third-order valence-corrected chi connectivity index (χ3v) is 3.38. The van der Waals surface area contributed by atoms with Crippen molar-refractivity contribution in [1.29, 1.82) is 0 Å². The van der Waals surface area contributed by atoms with Gasteiger partial charge >= 0.3 is 0 Å². The van der Waals surface area contributed by atoms with E-state index in [0.717, 1.165) is 9.10 Å². The molecule has 0 amide bonds. The predicted octanol–water partition coefficient (Wildman–Crippen LogP) is 3.00. The molecule has 1 aromatic carbocycles. The second kappa shape index (κ2) is 3.81. The molecule has 0 aliphatic heterocycles. The van der Waals surface area contributed by atoms with Gasteiger partial charge in [0, 0.05) is 4.90 Å². The van der Waals surface area contributed by atoms with Gasteiger partial charge in [0.15, 0.2) is 0 Å². The number of phenolic OH excluding ortho intramolecular Hbond substituents is 1. The predicted molar refractivity (Wildman–Crippen MR) is 54.3 cm³/mol. The van der Waals surface area contributed by atoms with Gasteiger partial charge in [-0.15, -0.1) is 11.3 Å². The topological polar surface area (TPSA) is 33.1 Å². The number of thiazole rings is 1. The first kappa shape index (κ1) is 8.59. The van der Waals surface area contributed by atoms with Crippen LogP contribution in [0.25, 0.3) is 0 Å². The van der Waals surface area contributed by atoms with Crippen LogP contribution in [0.5, 0.6) is 5.75 Å². The normalized spacial score (nSPS) is 10.2. The molecular weight excluding hydrogens is 202 g/mol. The molecule has 66 valence electrons. The summed E-state index contributed by atoms with van der Waals surface area (Å²) in [6.45, 7) is 0. The highest BCUT2D eigenvalue weighted by atomic mass is 32.2. The van der Waals surface area contributed by atoms with E-state index in [1.54, 1.807) is 35.2 Å². The van der Waals surface area contributed by atoms with Crippen LogP contribution in [0.15, 0.2) is 45.1 Å². The summed E-state index contributed by atoms with van der Waals surface area (Å²) in [6, 6.07) is 7.15. The maximum absolute atomic E-state index is 9.06. The first-order valence-electron chi connectivity index (χ1n) is 3.70. The lowest BCUT2D eigenvalue weighted by atomic mass is 10.3. The molecule has 2 rings (SSSR count). The number of aromatic nitrogens is 1. The molecule has 2 aromatic rings. The van der Waals surface area contributed by atoms with E-state index in [-0.39, 0.29) is 0 Å². The number of hydrogen-bond donors (Lipinski definition) is 1. The SMILES string of the molecule is Oc1ccc(Sc2cncs2)cc1. The molecule has 1 aromatic heterocycles. The highest BCUT2D eigenvalue weighted by molar-refractivity contribution is 8.01. The smallest absolute Gasteiger partial charge is 0.115 e. The number of nitrogens with zero attached hydrogens (tertiary/aromatic N) is 1. The van der Waals surface area contributed by atoms with Gasteiger partial charge in [-0.2, -0.15) is 0 Å². The average Bonchev–Trinajstić information content (AvgIpc) is 2.62. The zero-order chi connectivity index (χ0) is 9.10. The van der Waals surface area contributed by atoms with Gasteiger partial charge in [0.2, 0.25) is 0 Å². The number of benzene rings is 1. The van der Waals surface area contributed by atoms with Crippen LogP contribution in [0.1, 0.15) is 0 Å². The summed E-state index contributed by atoms with van der Waals surface area (Å²) in [5.41, 5.74) is 1.81. The highest BCUT2D eigenvalue weighted by Gasteiger charge is 1.97. The van der Waals surface area contributed by atoms with Crippen LogP contribution in [0.2, 0.25) is 0 Å². The maximum Gasteiger partial charge on any atom is 0.115 e. The van der Waals surface area contributed by atoms with Crippen molar-refractivity contribution >= 4 is 23.1 Å². The minimum atomic E-state index is 0.300. The summed E-state index contributed by atoms with van der Waals surface area (Å²) in [5.74, 6) is 0.300. The van der Waals surface area contributed by atoms with Crippen LogP contribution < -0.4 is 0 Å². The minimum Gasteiger partial charge on any atom is -0.508 e. The average molecular weight is 209 g/mol. The lowest BCUT2D eigenvalue weighted by Crippen LogP contribution is -1.68. The summed E-state index contributed by atoms with van der Waals surface area (Å²) < 4.78 is 1.16. The molecular formula is C9H7NOS2. The van der Waals surface area contributed by atoms with Gasteiger partial charge in [0.1, 0.15) is 5.75 Å². The van der Waals surface area contributed by atoms with Gasteiger partial charge in [-0.1, -0.05) is 11.8 Å². The minimum absolute atomic E-state index is 0.300. The molecule has 0 saturated carbocycles. The van der Waals surface area contributed by atoms with Gasteiger partial charge in [-0.25, -0.2) is 0 Å². The van der Waals surface area contributed by atoms with Crippen molar-refractivity contribution < 1.29 is 5.11 Å². The Hall–Kier alpha value is -1.00. The molecule has 13 heavy (non-hydrogen) atoms. The molecule has 0 bridgehead atoms. The van der Waals surface area contributed by atoms with E-state index in [1.807, 2.05) is 23.8 Å². The summed E-state index contributed by atoms with van der Waals surface area (Å²) >= 11 is 3.26. The summed E-state index contributed by atoms with van der Waals surface area (Å²) in [5, 5.41) is 9.06. The van der Waals surface area contributed by atoms with E-state index < -0.39 is 0 Å². The molecule has 1 N–H and O–H groups in total. The van der Waals surface area contributed by atoms with E-state index in [2.05, 4.69) is 4.98 Å². The van der Waals surface area contributed by atoms with Crippen molar-refractivity contribution in [3.63, 3.8) is 0 Å². The van der Waals surface area contributed by atoms with Gasteiger partial charge in [-0.05, 0) is 24.3 Å². The summed E-state index contributed by atoms with van der Waals surface area (Å²) in [7, 11) is 0. The number of rotatable bonds is 2. The van der Waals surface area contributed by atoms with Crippen LogP contribution >= 0.6 is 23.1 Å². The molecule has 2 nitrogen and oxygen atoms in total. The Kier molecular flexibility index (Phi) is 2.52. The molecule has 1 heterocycles. The first-order valence-corrected chi connectivity index (χ1v) is 5.39. The zero-order valence-corrected chi connectivity index (χ0v) is 8.31. The van der Waals surface area contributed by atoms with Gasteiger partial charge < -0.3 is 5.11 Å². The molecule has 0 spiro atoms. The fraction of sp³-hybridized carbons (Fsp3) is 0. The Bertz CT molecular complexity index is 369. The fourth-order valence-corrected chi connectivity index (χ4v) is 2.46. The third-order valence-electron chi connectivity index (χ3n) is 1.46. The largest absolute Gasteiger partial charge is 0.508 e. The quantitative estimate of drug-likeness (QED) is 0.825. The molecule has 0 aliphatic rings. The summed E-state index contributed by atoms with van der Waals surface area (Å²) in [4.78, 5) is 5.10. The second-order valence-electron chi connectivity index (χ2n) is 2.42. The zero-order valence-electron chi connectivity index (χ0n) is 6.68. The molecule has 0 saturated heterocycles. The second-order valence-corrected chi connectivity index (χ2v) is 4.68. The lowest BCUT2D eigenvalue weighted by molar-refractivity contribution is 0.475. The monoisotopic (exact) mass is 209 g/mol. The van der Waals surface area contributed by atoms with E-state index in [9.17, 15) is 0 Å². The van der Waals surface area contributed by atoms with Crippen molar-refractivity contribution in [1.82, 2.24) is 4.98 Å². The third kappa shape index (κ3) is 2.23. The van der Waals surface area contributed by atoms with E-state index in [0.29, 0.717) is 5.75 Å². The fourth-order valence-electron chi connectivity index (χ4n) is 0.885. The van der Waals surface area contributed by atoms with Crippen LogP contribution in [-0.2, 0) is 0 Å². The van der Waals surface area contributed by atoms with Crippen molar-refractivity contribution in [2.45, 2.75) is 9.10 Å². The van der Waals surface area contributed by atoms with Crippen LogP contribution in [-0.4, -0.2) is 10.1 Å². The number of hydrogen-bond acceptors (Lipinski definition) is 4. The van der Waals surface area contributed by atoms with Crippen LogP contribution in [0, 0.1) is 0 Å². The Morgan fingerprint density at radius 3 is 2.62 bits per heavy atom. The Labute approximate surface area is 84.3 Å². The van der Waals surface area contributed by atoms with E-state index in [4.69, 9.17) is 5.11 Å². The van der Waals surface area contributed by atoms with Gasteiger partial charge in [0.25, 0.3) is 0 Å². The van der Waals surface area contributed by atoms with E-state index in [1.165, 1.54) is 0 Å². The maximum atomic E-state index is 9.06. The molecule has 0 fully saturated rings. The highest BCUT2D eigenvalue weighted by Crippen LogP contribution is 2.30. The molecule has 4 heteroatoms. The van der Waals surface area contributed by atoms with Crippen molar-refractivity contribution in [3.8, 4) is 5.75 Å². The summed E-state index contributed by atoms with van der Waals surface area (Å²) in [6.07, 6.45) is 1.84. The van der Waals surface area contributed by atoms with Crippen LogP contribution in [0.4, 0.5) is 0 Å². The molecule has 0 unspecified atom stereocenters. The molecule has 0 aliphatic carbocycles.